The summed E-state index contributed by atoms with van der Waals surface area (Å²) >= 11 is 5.99. The van der Waals surface area contributed by atoms with Gasteiger partial charge in [0.15, 0.2) is 0 Å². The highest BCUT2D eigenvalue weighted by Gasteiger charge is 2.48. The third kappa shape index (κ3) is 1.73. The number of fused-ring (bicyclic) bond motifs is 1. The highest BCUT2D eigenvalue weighted by atomic mass is 35.5. The molecular formula is C13H16ClNO2. The van der Waals surface area contributed by atoms with E-state index in [1.807, 2.05) is 18.2 Å². The summed E-state index contributed by atoms with van der Waals surface area (Å²) in [7, 11) is 0. The standard InChI is InChI=1S/C13H16ClNO2/c1-8-13(4-5-16-8)7-11(15)10-6-9(14)2-3-12(10)17-13/h2-3,6,8,11H,4-5,7,15H2,1H3. The Balaban J connectivity index is 2.01. The van der Waals surface area contributed by atoms with Gasteiger partial charge in [0.1, 0.15) is 11.4 Å². The van der Waals surface area contributed by atoms with Gasteiger partial charge in [0.2, 0.25) is 0 Å². The van der Waals surface area contributed by atoms with Crippen LogP contribution in [-0.2, 0) is 4.74 Å². The summed E-state index contributed by atoms with van der Waals surface area (Å²) in [6.45, 7) is 2.80. The Morgan fingerprint density at radius 2 is 2.29 bits per heavy atom. The van der Waals surface area contributed by atoms with Crippen LogP contribution in [-0.4, -0.2) is 18.3 Å². The van der Waals surface area contributed by atoms with E-state index in [0.717, 1.165) is 30.8 Å². The van der Waals surface area contributed by atoms with Gasteiger partial charge in [-0.25, -0.2) is 0 Å². The van der Waals surface area contributed by atoms with Gasteiger partial charge in [-0.15, -0.1) is 0 Å². The molecule has 1 spiro atoms. The summed E-state index contributed by atoms with van der Waals surface area (Å²) in [5.41, 5.74) is 6.99. The van der Waals surface area contributed by atoms with Crippen LogP contribution >= 0.6 is 11.6 Å². The van der Waals surface area contributed by atoms with Crippen LogP contribution in [0.25, 0.3) is 0 Å². The average molecular weight is 254 g/mol. The molecule has 3 rings (SSSR count). The lowest BCUT2D eigenvalue weighted by Crippen LogP contribution is -2.47. The summed E-state index contributed by atoms with van der Waals surface area (Å²) in [6.07, 6.45) is 1.79. The van der Waals surface area contributed by atoms with Crippen LogP contribution in [0.5, 0.6) is 5.75 Å². The molecule has 3 unspecified atom stereocenters. The van der Waals surface area contributed by atoms with Crippen molar-refractivity contribution in [3.63, 3.8) is 0 Å². The van der Waals surface area contributed by atoms with Crippen molar-refractivity contribution in [1.82, 2.24) is 0 Å². The number of hydrogen-bond donors (Lipinski definition) is 1. The molecule has 2 aliphatic rings. The highest BCUT2D eigenvalue weighted by Crippen LogP contribution is 2.45. The van der Waals surface area contributed by atoms with Gasteiger partial charge in [0.05, 0.1) is 12.7 Å². The molecule has 4 heteroatoms. The van der Waals surface area contributed by atoms with Gasteiger partial charge in [-0.3, -0.25) is 0 Å². The fourth-order valence-corrected chi connectivity index (χ4v) is 2.99. The first-order valence-electron chi connectivity index (χ1n) is 5.96. The molecule has 2 N–H and O–H groups in total. The number of ether oxygens (including phenoxy) is 2. The molecule has 0 saturated carbocycles. The van der Waals surface area contributed by atoms with E-state index < -0.39 is 0 Å². The second-order valence-corrected chi connectivity index (χ2v) is 5.36. The minimum atomic E-state index is -0.250. The summed E-state index contributed by atoms with van der Waals surface area (Å²) in [5.74, 6) is 0.852. The van der Waals surface area contributed by atoms with Crippen LogP contribution in [0.4, 0.5) is 0 Å². The van der Waals surface area contributed by atoms with E-state index in [9.17, 15) is 0 Å². The molecule has 1 fully saturated rings. The van der Waals surface area contributed by atoms with E-state index >= 15 is 0 Å². The molecule has 1 aromatic rings. The SMILES string of the molecule is CC1OCCC12CC(N)c1cc(Cl)ccc1O2. The van der Waals surface area contributed by atoms with E-state index in [4.69, 9.17) is 26.8 Å². The number of halogens is 1. The van der Waals surface area contributed by atoms with Crippen LogP contribution in [0.1, 0.15) is 31.4 Å². The van der Waals surface area contributed by atoms with E-state index in [-0.39, 0.29) is 17.7 Å². The fraction of sp³-hybridized carbons (Fsp3) is 0.538. The molecule has 3 nitrogen and oxygen atoms in total. The first kappa shape index (κ1) is 11.3. The lowest BCUT2D eigenvalue weighted by molar-refractivity contribution is -0.0275. The number of hydrogen-bond acceptors (Lipinski definition) is 3. The molecular weight excluding hydrogens is 238 g/mol. The van der Waals surface area contributed by atoms with E-state index in [2.05, 4.69) is 6.92 Å². The monoisotopic (exact) mass is 253 g/mol. The molecule has 0 radical (unpaired) electrons. The van der Waals surface area contributed by atoms with Crippen LogP contribution in [0, 0.1) is 0 Å². The van der Waals surface area contributed by atoms with Crippen molar-refractivity contribution >= 4 is 11.6 Å². The Morgan fingerprint density at radius 1 is 1.47 bits per heavy atom. The van der Waals surface area contributed by atoms with Crippen LogP contribution < -0.4 is 10.5 Å². The second kappa shape index (κ2) is 3.87. The van der Waals surface area contributed by atoms with Crippen molar-refractivity contribution in [1.29, 1.82) is 0 Å². The zero-order valence-corrected chi connectivity index (χ0v) is 10.5. The molecule has 17 heavy (non-hydrogen) atoms. The summed E-state index contributed by atoms with van der Waals surface area (Å²) in [5, 5.41) is 0.703. The van der Waals surface area contributed by atoms with Crippen molar-refractivity contribution in [2.24, 2.45) is 5.73 Å². The largest absolute Gasteiger partial charge is 0.484 e. The zero-order valence-electron chi connectivity index (χ0n) is 9.78. The lowest BCUT2D eigenvalue weighted by atomic mass is 9.83. The molecule has 2 aliphatic heterocycles. The highest BCUT2D eigenvalue weighted by molar-refractivity contribution is 6.30. The molecule has 0 bridgehead atoms. The quantitative estimate of drug-likeness (QED) is 0.773. The maximum atomic E-state index is 6.24. The Kier molecular flexibility index (Phi) is 2.58. The number of rotatable bonds is 0. The molecule has 3 atom stereocenters. The summed E-state index contributed by atoms with van der Waals surface area (Å²) < 4.78 is 11.8. The van der Waals surface area contributed by atoms with Gasteiger partial charge >= 0.3 is 0 Å². The van der Waals surface area contributed by atoms with Crippen molar-refractivity contribution in [3.05, 3.63) is 28.8 Å². The minimum Gasteiger partial charge on any atom is -0.484 e. The minimum absolute atomic E-state index is 0.0263. The number of benzene rings is 1. The molecule has 1 aromatic carbocycles. The van der Waals surface area contributed by atoms with Gasteiger partial charge in [-0.1, -0.05) is 11.6 Å². The third-order valence-corrected chi connectivity index (χ3v) is 4.12. The van der Waals surface area contributed by atoms with Crippen molar-refractivity contribution in [3.8, 4) is 5.75 Å². The van der Waals surface area contributed by atoms with Crippen LogP contribution in [0.3, 0.4) is 0 Å². The Hall–Kier alpha value is -0.770. The molecule has 0 aliphatic carbocycles. The Morgan fingerprint density at radius 3 is 3.00 bits per heavy atom. The number of nitrogens with two attached hydrogens (primary N) is 1. The molecule has 0 aromatic heterocycles. The maximum Gasteiger partial charge on any atom is 0.139 e. The topological polar surface area (TPSA) is 44.5 Å². The third-order valence-electron chi connectivity index (χ3n) is 3.88. The molecule has 92 valence electrons. The molecule has 0 amide bonds. The van der Waals surface area contributed by atoms with Gasteiger partial charge in [0.25, 0.3) is 0 Å². The molecule has 2 heterocycles. The van der Waals surface area contributed by atoms with Crippen molar-refractivity contribution in [2.75, 3.05) is 6.61 Å². The van der Waals surface area contributed by atoms with E-state index in [1.165, 1.54) is 0 Å². The molecule has 1 saturated heterocycles. The van der Waals surface area contributed by atoms with E-state index in [0.29, 0.717) is 5.02 Å². The maximum absolute atomic E-state index is 6.24. The predicted molar refractivity (Wildman–Crippen MR) is 66.4 cm³/mol. The summed E-state index contributed by atoms with van der Waals surface area (Å²) in [4.78, 5) is 0. The van der Waals surface area contributed by atoms with Gasteiger partial charge in [0, 0.05) is 29.5 Å². The predicted octanol–water partition coefficient (Wildman–Crippen LogP) is 2.67. The Labute approximate surface area is 106 Å². The second-order valence-electron chi connectivity index (χ2n) is 4.92. The van der Waals surface area contributed by atoms with E-state index in [1.54, 1.807) is 0 Å². The van der Waals surface area contributed by atoms with Gasteiger partial charge in [-0.05, 0) is 25.1 Å². The van der Waals surface area contributed by atoms with Crippen LogP contribution in [0.2, 0.25) is 5.02 Å². The smallest absolute Gasteiger partial charge is 0.139 e. The van der Waals surface area contributed by atoms with Crippen molar-refractivity contribution in [2.45, 2.75) is 37.5 Å². The summed E-state index contributed by atoms with van der Waals surface area (Å²) in [6, 6.07) is 5.62. The Bertz CT molecular complexity index is 451. The first-order valence-corrected chi connectivity index (χ1v) is 6.34. The zero-order chi connectivity index (χ0) is 12.0. The van der Waals surface area contributed by atoms with Gasteiger partial charge in [-0.2, -0.15) is 0 Å². The van der Waals surface area contributed by atoms with Crippen molar-refractivity contribution < 1.29 is 9.47 Å². The average Bonchev–Trinajstić information content (AvgIpc) is 2.62. The fourth-order valence-electron chi connectivity index (χ4n) is 2.81. The van der Waals surface area contributed by atoms with Gasteiger partial charge < -0.3 is 15.2 Å². The normalized spacial score (nSPS) is 35.7. The van der Waals surface area contributed by atoms with Crippen LogP contribution in [0.15, 0.2) is 18.2 Å². The first-order chi connectivity index (χ1) is 8.11. The lowest BCUT2D eigenvalue weighted by Gasteiger charge is -2.40.